The number of Topliss-reactive ketones (excluding diaryl/α,β-unsaturated/α-hetero) is 2. The number of amides is 2. The van der Waals surface area contributed by atoms with Crippen LogP contribution in [0.25, 0.3) is 10.9 Å². The van der Waals surface area contributed by atoms with Crippen LogP contribution in [0.3, 0.4) is 0 Å². The third-order valence-corrected chi connectivity index (χ3v) is 8.85. The predicted molar refractivity (Wildman–Crippen MR) is 151 cm³/mol. The number of piperidine rings is 1. The highest BCUT2D eigenvalue weighted by Crippen LogP contribution is 2.60. The summed E-state index contributed by atoms with van der Waals surface area (Å²) in [5.74, 6) is 0.215. The highest BCUT2D eigenvalue weighted by Gasteiger charge is 2.66. The summed E-state index contributed by atoms with van der Waals surface area (Å²) in [6.07, 6.45) is 5.57. The molecule has 1 saturated carbocycles. The van der Waals surface area contributed by atoms with E-state index in [2.05, 4.69) is 30.3 Å². The molecule has 3 aliphatic rings. The van der Waals surface area contributed by atoms with Gasteiger partial charge in [0.1, 0.15) is 12.2 Å². The van der Waals surface area contributed by atoms with Gasteiger partial charge in [-0.2, -0.15) is 5.10 Å². The molecule has 2 aromatic rings. The van der Waals surface area contributed by atoms with Crippen LogP contribution in [0, 0.1) is 11.3 Å². The number of aromatic nitrogens is 2. The Hall–Kier alpha value is -3.07. The molecule has 0 unspecified atom stereocenters. The monoisotopic (exact) mass is 550 g/mol. The molecule has 9 nitrogen and oxygen atoms in total. The molecule has 1 saturated heterocycles. The van der Waals surface area contributed by atoms with E-state index >= 15 is 0 Å². The van der Waals surface area contributed by atoms with Crippen molar-refractivity contribution in [1.82, 2.24) is 20.0 Å². The number of nitrogens with one attached hydrogen (secondary N) is 1. The molecule has 2 fully saturated rings. The summed E-state index contributed by atoms with van der Waals surface area (Å²) in [5.41, 5.74) is 2.77. The van der Waals surface area contributed by atoms with Crippen LogP contribution in [0.4, 0.5) is 0 Å². The number of carbonyl (C=O) groups is 4. The minimum atomic E-state index is -0.450. The van der Waals surface area contributed by atoms with Gasteiger partial charge >= 0.3 is 0 Å². The lowest BCUT2D eigenvalue weighted by Gasteiger charge is -2.26. The number of hydrogen-bond donors (Lipinski definition) is 1. The second kappa shape index (κ2) is 11.4. The fourth-order valence-corrected chi connectivity index (χ4v) is 6.54. The van der Waals surface area contributed by atoms with E-state index in [9.17, 15) is 19.2 Å². The Bertz CT molecular complexity index is 1330. The number of carbonyl (C=O) groups excluding carboxylic acids is 4. The summed E-state index contributed by atoms with van der Waals surface area (Å²) < 4.78 is 7.63. The van der Waals surface area contributed by atoms with Crippen LogP contribution in [-0.2, 0) is 38.6 Å². The first-order valence-corrected chi connectivity index (χ1v) is 14.8. The molecule has 1 N–H and O–H groups in total. The van der Waals surface area contributed by atoms with Crippen molar-refractivity contribution in [3.05, 3.63) is 29.0 Å². The van der Waals surface area contributed by atoms with Crippen LogP contribution in [-0.4, -0.2) is 63.4 Å². The average Bonchev–Trinajstić information content (AvgIpc) is 3.32. The van der Waals surface area contributed by atoms with Crippen molar-refractivity contribution in [3.63, 3.8) is 0 Å². The quantitative estimate of drug-likeness (QED) is 0.545. The maximum Gasteiger partial charge on any atom is 0.245 e. The summed E-state index contributed by atoms with van der Waals surface area (Å²) in [6.45, 7) is 8.97. The molecule has 3 heterocycles. The Morgan fingerprint density at radius 2 is 2.00 bits per heavy atom. The van der Waals surface area contributed by atoms with Crippen molar-refractivity contribution in [2.75, 3.05) is 13.2 Å². The lowest BCUT2D eigenvalue weighted by atomic mass is 9.97. The number of benzene rings is 1. The Morgan fingerprint density at radius 3 is 2.73 bits per heavy atom. The van der Waals surface area contributed by atoms with E-state index in [1.165, 1.54) is 6.92 Å². The van der Waals surface area contributed by atoms with Gasteiger partial charge in [0.25, 0.3) is 0 Å². The van der Waals surface area contributed by atoms with Gasteiger partial charge in [-0.15, -0.1) is 0 Å². The van der Waals surface area contributed by atoms with E-state index in [-0.39, 0.29) is 47.9 Å². The van der Waals surface area contributed by atoms with Gasteiger partial charge in [-0.05, 0) is 61.6 Å². The van der Waals surface area contributed by atoms with Crippen molar-refractivity contribution >= 4 is 34.3 Å². The molecule has 0 spiro atoms. The van der Waals surface area contributed by atoms with E-state index in [0.717, 1.165) is 43.2 Å². The predicted octanol–water partition coefficient (Wildman–Crippen LogP) is 3.98. The average molecular weight is 551 g/mol. The van der Waals surface area contributed by atoms with E-state index in [4.69, 9.17) is 4.74 Å². The first-order valence-electron chi connectivity index (χ1n) is 14.8. The van der Waals surface area contributed by atoms with Crippen LogP contribution in [0.15, 0.2) is 12.1 Å². The van der Waals surface area contributed by atoms with Crippen LogP contribution in [0.5, 0.6) is 0 Å². The molecule has 2 bridgehead atoms. The minimum Gasteiger partial charge on any atom is -0.381 e. The van der Waals surface area contributed by atoms with Crippen molar-refractivity contribution in [2.24, 2.45) is 11.3 Å². The van der Waals surface area contributed by atoms with Gasteiger partial charge in [-0.3, -0.25) is 23.9 Å². The van der Waals surface area contributed by atoms with Gasteiger partial charge in [0.05, 0.1) is 18.2 Å². The van der Waals surface area contributed by atoms with E-state index < -0.39 is 6.04 Å². The smallest absolute Gasteiger partial charge is 0.245 e. The number of ether oxygens (including phenoxy) is 1. The highest BCUT2D eigenvalue weighted by atomic mass is 16.5. The second-order valence-corrected chi connectivity index (χ2v) is 12.4. The fourth-order valence-electron chi connectivity index (χ4n) is 6.54. The van der Waals surface area contributed by atoms with E-state index in [0.29, 0.717) is 55.0 Å². The second-order valence-electron chi connectivity index (χ2n) is 12.4. The molecule has 1 aromatic heterocycles. The van der Waals surface area contributed by atoms with Crippen LogP contribution in [0.2, 0.25) is 0 Å². The lowest BCUT2D eigenvalue weighted by Crippen LogP contribution is -2.44. The van der Waals surface area contributed by atoms with Crippen molar-refractivity contribution < 1.29 is 23.9 Å². The molecule has 3 atom stereocenters. The zero-order valence-electron chi connectivity index (χ0n) is 24.3. The normalized spacial score (nSPS) is 25.6. The molecule has 2 amide bonds. The van der Waals surface area contributed by atoms with Gasteiger partial charge in [0.15, 0.2) is 11.6 Å². The number of ketones is 2. The molecule has 0 radical (unpaired) electrons. The molecule has 216 valence electrons. The Kier molecular flexibility index (Phi) is 8.13. The zero-order valence-corrected chi connectivity index (χ0v) is 24.3. The van der Waals surface area contributed by atoms with Crippen LogP contribution >= 0.6 is 0 Å². The summed E-state index contributed by atoms with van der Waals surface area (Å²) in [6, 6.07) is 3.62. The number of nitrogens with zero attached hydrogens (tertiary/aromatic N) is 3. The zero-order chi connectivity index (χ0) is 28.6. The molecule has 1 aromatic carbocycles. The van der Waals surface area contributed by atoms with Gasteiger partial charge < -0.3 is 15.0 Å². The van der Waals surface area contributed by atoms with Gasteiger partial charge in [0.2, 0.25) is 11.8 Å². The molecule has 2 aliphatic heterocycles. The largest absolute Gasteiger partial charge is 0.381 e. The molecular weight excluding hydrogens is 508 g/mol. The molecule has 1 aliphatic carbocycles. The van der Waals surface area contributed by atoms with Crippen LogP contribution in [0.1, 0.15) is 94.3 Å². The third-order valence-electron chi connectivity index (χ3n) is 8.85. The standard InChI is InChI=1S/C31H42N4O5/c1-5-25(37)24-14-31-15-26(31)35(24)28(39)17-34-30-22(16-32-27(38)8-6-7-11-40-18-31)12-21(10-9-19(2)3)13-23(30)29(33-34)20(4)36/h12-13,19,24,26H,5-11,14-18H2,1-4H3,(H,32,38)/t24-,26+,31-/m0/s1. The SMILES string of the molecule is CCC(=O)[C@@H]1C[C@]23COCCCCC(=O)NCc4cc(CCC(C)C)cc5c(C(C)=O)nn(c45)CC(=O)N1[C@@H]2C3. The molecule has 9 heteroatoms. The van der Waals surface area contributed by atoms with Gasteiger partial charge in [-0.25, -0.2) is 0 Å². The van der Waals surface area contributed by atoms with Gasteiger partial charge in [-0.1, -0.05) is 26.8 Å². The summed E-state index contributed by atoms with van der Waals surface area (Å²) >= 11 is 0. The van der Waals surface area contributed by atoms with Crippen molar-refractivity contribution in [2.45, 2.75) is 104 Å². The molecule has 40 heavy (non-hydrogen) atoms. The van der Waals surface area contributed by atoms with Gasteiger partial charge in [0, 0.05) is 49.8 Å². The fraction of sp³-hybridized carbons (Fsp3) is 0.645. The van der Waals surface area contributed by atoms with Crippen molar-refractivity contribution in [3.8, 4) is 0 Å². The Balaban J connectivity index is 1.57. The number of hydrogen-bond acceptors (Lipinski definition) is 6. The highest BCUT2D eigenvalue weighted by molar-refractivity contribution is 6.06. The molecular formula is C31H42N4O5. The van der Waals surface area contributed by atoms with Crippen molar-refractivity contribution in [1.29, 1.82) is 0 Å². The third kappa shape index (κ3) is 5.57. The van der Waals surface area contributed by atoms with E-state index in [1.54, 1.807) is 9.58 Å². The summed E-state index contributed by atoms with van der Waals surface area (Å²) in [7, 11) is 0. The number of rotatable bonds is 6. The molecule has 5 rings (SSSR count). The summed E-state index contributed by atoms with van der Waals surface area (Å²) in [5, 5.41) is 8.40. The van der Waals surface area contributed by atoms with Crippen LogP contribution < -0.4 is 5.32 Å². The summed E-state index contributed by atoms with van der Waals surface area (Å²) in [4.78, 5) is 54.1. The maximum atomic E-state index is 13.9. The lowest BCUT2D eigenvalue weighted by molar-refractivity contribution is -0.139. The van der Waals surface area contributed by atoms with E-state index in [1.807, 2.05) is 13.0 Å². The minimum absolute atomic E-state index is 0.0179. The topological polar surface area (TPSA) is 111 Å². The number of aryl methyl sites for hydroxylation is 1. The first-order chi connectivity index (χ1) is 19.1. The first kappa shape index (κ1) is 28.5. The Morgan fingerprint density at radius 1 is 1.20 bits per heavy atom. The maximum absolute atomic E-state index is 13.9. The Labute approximate surface area is 236 Å².